The lowest BCUT2D eigenvalue weighted by Crippen LogP contribution is -2.39. The maximum atomic E-state index is 11.6. The van der Waals surface area contributed by atoms with Gasteiger partial charge in [0.2, 0.25) is 5.91 Å². The van der Waals surface area contributed by atoms with Crippen LogP contribution in [0, 0.1) is 0 Å². The summed E-state index contributed by atoms with van der Waals surface area (Å²) in [7, 11) is 0. The topological polar surface area (TPSA) is 102 Å². The largest absolute Gasteiger partial charge is 0.463 e. The van der Waals surface area contributed by atoms with Gasteiger partial charge in [-0.3, -0.25) is 9.59 Å². The summed E-state index contributed by atoms with van der Waals surface area (Å²) in [5.74, 6) is -1.35. The van der Waals surface area contributed by atoms with Gasteiger partial charge in [0.05, 0.1) is 0 Å². The van der Waals surface area contributed by atoms with E-state index in [1.54, 1.807) is 0 Å². The first kappa shape index (κ1) is 24.4. The van der Waals surface area contributed by atoms with Crippen molar-refractivity contribution in [3.8, 4) is 0 Å². The van der Waals surface area contributed by atoms with Crippen molar-refractivity contribution in [1.29, 1.82) is 0 Å². The number of rotatable bonds is 15. The summed E-state index contributed by atoms with van der Waals surface area (Å²) in [6.07, 6.45) is 8.44. The summed E-state index contributed by atoms with van der Waals surface area (Å²) >= 11 is 0. The molecule has 152 valence electrons. The van der Waals surface area contributed by atoms with Crippen LogP contribution in [0.4, 0.5) is 0 Å². The first-order valence-corrected chi connectivity index (χ1v) is 9.64. The lowest BCUT2D eigenvalue weighted by Gasteiger charge is -2.15. The number of hydrogen-bond acceptors (Lipinski definition) is 6. The minimum absolute atomic E-state index is 0.211. The van der Waals surface area contributed by atoms with Gasteiger partial charge in [-0.25, -0.2) is 4.79 Å². The molecule has 7 heteroatoms. The van der Waals surface area contributed by atoms with Crippen molar-refractivity contribution < 1.29 is 29.0 Å². The van der Waals surface area contributed by atoms with Crippen molar-refractivity contribution >= 4 is 17.8 Å². The normalized spacial score (nSPS) is 12.9. The molecule has 1 unspecified atom stereocenters. The Kier molecular flexibility index (Phi) is 14.6. The highest BCUT2D eigenvalue weighted by Crippen LogP contribution is 2.10. The van der Waals surface area contributed by atoms with Crippen LogP contribution in [0.25, 0.3) is 0 Å². The Morgan fingerprint density at radius 1 is 0.923 bits per heavy atom. The highest BCUT2D eigenvalue weighted by atomic mass is 16.6. The summed E-state index contributed by atoms with van der Waals surface area (Å²) in [6, 6.07) is -0.788. The second-order valence-electron chi connectivity index (χ2n) is 6.61. The first-order chi connectivity index (χ1) is 12.4. The first-order valence-electron chi connectivity index (χ1n) is 9.64. The van der Waals surface area contributed by atoms with Crippen LogP contribution in [-0.4, -0.2) is 48.3 Å². The quantitative estimate of drug-likeness (QED) is 0.338. The Balaban J connectivity index is 3.63. The number of unbranched alkanes of at least 4 members (excludes halogenated alkanes) is 7. The molecule has 0 spiro atoms. The van der Waals surface area contributed by atoms with Crippen LogP contribution in [0.15, 0.2) is 0 Å². The van der Waals surface area contributed by atoms with E-state index in [1.807, 2.05) is 0 Å². The summed E-state index contributed by atoms with van der Waals surface area (Å²) in [6.45, 7) is 4.48. The molecule has 0 aromatic carbocycles. The lowest BCUT2D eigenvalue weighted by atomic mass is 10.1. The molecular formula is C19H35NO6. The fourth-order valence-corrected chi connectivity index (χ4v) is 2.38. The van der Waals surface area contributed by atoms with E-state index in [4.69, 9.17) is 9.47 Å². The Hall–Kier alpha value is -1.63. The molecule has 0 fully saturated rings. The van der Waals surface area contributed by atoms with E-state index in [2.05, 4.69) is 12.2 Å². The van der Waals surface area contributed by atoms with Crippen LogP contribution in [0.2, 0.25) is 0 Å². The molecule has 0 heterocycles. The van der Waals surface area contributed by atoms with Gasteiger partial charge in [-0.2, -0.15) is 0 Å². The van der Waals surface area contributed by atoms with E-state index in [0.29, 0.717) is 6.42 Å². The molecule has 0 saturated carbocycles. The van der Waals surface area contributed by atoms with E-state index in [9.17, 15) is 19.5 Å². The number of esters is 2. The lowest BCUT2D eigenvalue weighted by molar-refractivity contribution is -0.154. The minimum atomic E-state index is -1.08. The molecule has 0 aliphatic heterocycles. The number of hydrogen-bond donors (Lipinski definition) is 2. The molecule has 0 aromatic rings. The molecular weight excluding hydrogens is 338 g/mol. The Bertz CT molecular complexity index is 413. The fraction of sp³-hybridized carbons (Fsp3) is 0.842. The van der Waals surface area contributed by atoms with Gasteiger partial charge in [-0.1, -0.05) is 51.9 Å². The van der Waals surface area contributed by atoms with Gasteiger partial charge < -0.3 is 19.9 Å². The van der Waals surface area contributed by atoms with Gasteiger partial charge in [0, 0.05) is 13.3 Å². The van der Waals surface area contributed by atoms with Crippen molar-refractivity contribution in [1.82, 2.24) is 5.32 Å². The second-order valence-corrected chi connectivity index (χ2v) is 6.61. The zero-order valence-electron chi connectivity index (χ0n) is 16.4. The molecule has 0 aliphatic carbocycles. The molecule has 26 heavy (non-hydrogen) atoms. The van der Waals surface area contributed by atoms with Gasteiger partial charge in [-0.05, 0) is 13.3 Å². The summed E-state index contributed by atoms with van der Waals surface area (Å²) in [5, 5.41) is 12.1. The predicted octanol–water partition coefficient (Wildman–Crippen LogP) is 2.49. The van der Waals surface area contributed by atoms with Gasteiger partial charge in [0.1, 0.15) is 25.4 Å². The average molecular weight is 373 g/mol. The van der Waals surface area contributed by atoms with Gasteiger partial charge in [0.15, 0.2) is 0 Å². The highest BCUT2D eigenvalue weighted by molar-refractivity contribution is 5.82. The Labute approximate surface area is 156 Å². The predicted molar refractivity (Wildman–Crippen MR) is 98.4 cm³/mol. The van der Waals surface area contributed by atoms with E-state index >= 15 is 0 Å². The second kappa shape index (κ2) is 15.6. The molecule has 0 saturated heterocycles. The number of aliphatic hydroxyl groups is 1. The van der Waals surface area contributed by atoms with Crippen molar-refractivity contribution in [3.63, 3.8) is 0 Å². The molecule has 7 nitrogen and oxygen atoms in total. The van der Waals surface area contributed by atoms with Crippen LogP contribution < -0.4 is 5.32 Å². The summed E-state index contributed by atoms with van der Waals surface area (Å²) in [4.78, 5) is 34.0. The van der Waals surface area contributed by atoms with Crippen LogP contribution in [0.3, 0.4) is 0 Å². The van der Waals surface area contributed by atoms with Gasteiger partial charge in [0.25, 0.3) is 0 Å². The van der Waals surface area contributed by atoms with Gasteiger partial charge in [-0.15, -0.1) is 0 Å². The Morgan fingerprint density at radius 2 is 1.46 bits per heavy atom. The highest BCUT2D eigenvalue weighted by Gasteiger charge is 2.17. The Morgan fingerprint density at radius 3 is 2.04 bits per heavy atom. The number of amides is 1. The van der Waals surface area contributed by atoms with E-state index < -0.39 is 18.1 Å². The molecule has 0 rings (SSSR count). The molecule has 2 atom stereocenters. The molecule has 2 N–H and O–H groups in total. The van der Waals surface area contributed by atoms with Gasteiger partial charge >= 0.3 is 11.9 Å². The van der Waals surface area contributed by atoms with Crippen LogP contribution in [0.5, 0.6) is 0 Å². The smallest absolute Gasteiger partial charge is 0.328 e. The van der Waals surface area contributed by atoms with Crippen LogP contribution >= 0.6 is 0 Å². The number of carbonyl (C=O) groups is 3. The maximum Gasteiger partial charge on any atom is 0.328 e. The summed E-state index contributed by atoms with van der Waals surface area (Å²) < 4.78 is 9.83. The monoisotopic (exact) mass is 373 g/mol. The molecule has 0 aromatic heterocycles. The number of carbonyl (C=O) groups excluding carboxylic acids is 3. The van der Waals surface area contributed by atoms with Crippen LogP contribution in [0.1, 0.15) is 78.6 Å². The fourth-order valence-electron chi connectivity index (χ4n) is 2.38. The minimum Gasteiger partial charge on any atom is -0.463 e. The summed E-state index contributed by atoms with van der Waals surface area (Å²) in [5.41, 5.74) is 0. The standard InChI is InChI=1S/C19H35NO6/c1-4-5-6-7-8-9-10-11-12-18(23)25-13-17(22)14-26-19(24)15(2)20-16(3)21/h15,17,22H,4-14H2,1-3H3,(H,20,21)/t15-,17?/m0/s1. The molecule has 1 amide bonds. The zero-order valence-corrected chi connectivity index (χ0v) is 16.4. The van der Waals surface area contributed by atoms with E-state index in [0.717, 1.165) is 19.3 Å². The van der Waals surface area contributed by atoms with Crippen molar-refractivity contribution in [2.75, 3.05) is 13.2 Å². The van der Waals surface area contributed by atoms with E-state index in [-0.39, 0.29) is 25.1 Å². The SMILES string of the molecule is CCCCCCCCCCC(=O)OCC(O)COC(=O)[C@H](C)NC(C)=O. The third kappa shape index (κ3) is 14.7. The third-order valence-electron chi connectivity index (χ3n) is 3.86. The van der Waals surface area contributed by atoms with E-state index in [1.165, 1.54) is 46.0 Å². The number of aliphatic hydroxyl groups excluding tert-OH is 1. The van der Waals surface area contributed by atoms with Crippen molar-refractivity contribution in [2.24, 2.45) is 0 Å². The van der Waals surface area contributed by atoms with Crippen LogP contribution in [-0.2, 0) is 23.9 Å². The zero-order chi connectivity index (χ0) is 19.8. The molecule has 0 radical (unpaired) electrons. The molecule has 0 bridgehead atoms. The third-order valence-corrected chi connectivity index (χ3v) is 3.86. The number of nitrogens with one attached hydrogen (secondary N) is 1. The maximum absolute atomic E-state index is 11.6. The van der Waals surface area contributed by atoms with Crippen molar-refractivity contribution in [3.05, 3.63) is 0 Å². The molecule has 0 aliphatic rings. The number of ether oxygens (including phenoxy) is 2. The average Bonchev–Trinajstić information content (AvgIpc) is 2.59. The van der Waals surface area contributed by atoms with Crippen molar-refractivity contribution in [2.45, 2.75) is 90.7 Å².